The van der Waals surface area contributed by atoms with E-state index in [4.69, 9.17) is 11.6 Å². The van der Waals surface area contributed by atoms with E-state index in [-0.39, 0.29) is 18.3 Å². The lowest BCUT2D eigenvalue weighted by Crippen LogP contribution is -2.28. The molecule has 0 spiro atoms. The molecule has 0 N–H and O–H groups in total. The molecule has 112 valence electrons. The van der Waals surface area contributed by atoms with Gasteiger partial charge in [-0.25, -0.2) is 4.98 Å². The molecule has 1 amide bonds. The molecule has 0 unspecified atom stereocenters. The van der Waals surface area contributed by atoms with Gasteiger partial charge in [-0.2, -0.15) is 8.78 Å². The Hall–Kier alpha value is -1.47. The fourth-order valence-electron chi connectivity index (χ4n) is 1.80. The highest BCUT2D eigenvalue weighted by molar-refractivity contribution is 9.10. The van der Waals surface area contributed by atoms with Gasteiger partial charge in [0.1, 0.15) is 5.82 Å². The number of hydrogen-bond acceptors (Lipinski definition) is 2. The van der Waals surface area contributed by atoms with Crippen LogP contribution < -0.4 is 0 Å². The quantitative estimate of drug-likeness (QED) is 0.807. The van der Waals surface area contributed by atoms with Crippen molar-refractivity contribution in [2.24, 2.45) is 0 Å². The fraction of sp³-hybridized carbons (Fsp3) is 0.231. The summed E-state index contributed by atoms with van der Waals surface area (Å²) in [5.74, 6) is -0.267. The van der Waals surface area contributed by atoms with Crippen molar-refractivity contribution < 1.29 is 13.6 Å². The summed E-state index contributed by atoms with van der Waals surface area (Å²) in [5.41, 5.74) is 0.295. The average molecular weight is 379 g/mol. The van der Waals surface area contributed by atoms with E-state index in [1.54, 1.807) is 18.2 Å². The monoisotopic (exact) mass is 377 g/mol. The Morgan fingerprint density at radius 1 is 1.52 bits per heavy atom. The van der Waals surface area contributed by atoms with Gasteiger partial charge in [-0.3, -0.25) is 9.36 Å². The summed E-state index contributed by atoms with van der Waals surface area (Å²) in [6.45, 7) is -2.74. The van der Waals surface area contributed by atoms with Crippen LogP contribution in [-0.4, -0.2) is 27.4 Å². The number of imidazole rings is 1. The second-order valence-electron chi connectivity index (χ2n) is 4.31. The summed E-state index contributed by atoms with van der Waals surface area (Å²) in [6.07, 6.45) is 2.44. The van der Waals surface area contributed by atoms with Crippen molar-refractivity contribution in [2.45, 2.75) is 13.1 Å². The highest BCUT2D eigenvalue weighted by Gasteiger charge is 2.19. The van der Waals surface area contributed by atoms with Crippen LogP contribution in [-0.2, 0) is 6.54 Å². The van der Waals surface area contributed by atoms with E-state index >= 15 is 0 Å². The number of benzene rings is 1. The molecule has 0 bridgehead atoms. The van der Waals surface area contributed by atoms with E-state index < -0.39 is 6.55 Å². The zero-order chi connectivity index (χ0) is 15.6. The summed E-state index contributed by atoms with van der Waals surface area (Å²) in [5, 5.41) is 0.298. The summed E-state index contributed by atoms with van der Waals surface area (Å²) in [7, 11) is 1.50. The molecule has 4 nitrogen and oxygen atoms in total. The van der Waals surface area contributed by atoms with E-state index in [2.05, 4.69) is 20.9 Å². The summed E-state index contributed by atoms with van der Waals surface area (Å²) >= 11 is 9.25. The first-order chi connectivity index (χ1) is 9.90. The molecule has 2 rings (SSSR count). The van der Waals surface area contributed by atoms with Crippen LogP contribution in [0, 0.1) is 0 Å². The Bertz CT molecular complexity index is 663. The zero-order valence-electron chi connectivity index (χ0n) is 10.9. The first-order valence-corrected chi connectivity index (χ1v) is 7.07. The van der Waals surface area contributed by atoms with Crippen LogP contribution in [0.2, 0.25) is 5.02 Å². The minimum Gasteiger partial charge on any atom is -0.334 e. The van der Waals surface area contributed by atoms with E-state index in [1.807, 2.05) is 0 Å². The predicted octanol–water partition coefficient (Wildman–Crippen LogP) is 3.97. The molecule has 0 fully saturated rings. The largest absolute Gasteiger partial charge is 0.334 e. The maximum atomic E-state index is 12.7. The molecular weight excluding hydrogens is 368 g/mol. The Kier molecular flexibility index (Phi) is 4.95. The van der Waals surface area contributed by atoms with Gasteiger partial charge in [0.15, 0.2) is 0 Å². The summed E-state index contributed by atoms with van der Waals surface area (Å²) in [4.78, 5) is 17.4. The van der Waals surface area contributed by atoms with E-state index in [0.717, 1.165) is 0 Å². The molecule has 0 radical (unpaired) electrons. The Labute approximate surface area is 133 Å². The molecule has 0 aliphatic rings. The van der Waals surface area contributed by atoms with Crippen LogP contribution in [0.5, 0.6) is 0 Å². The molecule has 1 aromatic carbocycles. The average Bonchev–Trinajstić information content (AvgIpc) is 2.89. The standard InChI is InChI=1S/C13H11BrClF2N3O/c1-19(7-11-18-4-5-20(11)13(16)17)12(21)9-6-8(14)2-3-10(9)15/h2-6,13H,7H2,1H3. The molecule has 0 aliphatic heterocycles. The zero-order valence-corrected chi connectivity index (χ0v) is 13.3. The Balaban J connectivity index is 2.20. The molecule has 8 heteroatoms. The summed E-state index contributed by atoms with van der Waals surface area (Å²) in [6, 6.07) is 4.89. The topological polar surface area (TPSA) is 38.1 Å². The third-order valence-corrected chi connectivity index (χ3v) is 3.67. The second-order valence-corrected chi connectivity index (χ2v) is 5.64. The maximum Gasteiger partial charge on any atom is 0.319 e. The molecule has 2 aromatic rings. The molecular formula is C13H11BrClF2N3O. The molecule has 0 aliphatic carbocycles. The van der Waals surface area contributed by atoms with E-state index in [0.29, 0.717) is 19.6 Å². The first-order valence-electron chi connectivity index (χ1n) is 5.90. The molecule has 0 saturated heterocycles. The molecule has 21 heavy (non-hydrogen) atoms. The van der Waals surface area contributed by atoms with Crippen LogP contribution in [0.1, 0.15) is 22.7 Å². The van der Waals surface area contributed by atoms with Gasteiger partial charge >= 0.3 is 6.55 Å². The number of carbonyl (C=O) groups is 1. The van der Waals surface area contributed by atoms with Crippen molar-refractivity contribution in [3.05, 3.63) is 51.5 Å². The smallest absolute Gasteiger partial charge is 0.319 e. The van der Waals surface area contributed by atoms with Crippen molar-refractivity contribution in [3.63, 3.8) is 0 Å². The maximum absolute atomic E-state index is 12.7. The summed E-state index contributed by atoms with van der Waals surface area (Å²) < 4.78 is 26.9. The number of carbonyl (C=O) groups excluding carboxylic acids is 1. The minimum atomic E-state index is -2.69. The minimum absolute atomic E-state index is 0.0426. The SMILES string of the molecule is CN(Cc1nccn1C(F)F)C(=O)c1cc(Br)ccc1Cl. The van der Waals surface area contributed by atoms with Gasteiger partial charge in [0, 0.05) is 23.9 Å². The third-order valence-electron chi connectivity index (χ3n) is 2.84. The Morgan fingerprint density at radius 2 is 2.24 bits per heavy atom. The molecule has 1 aromatic heterocycles. The van der Waals surface area contributed by atoms with Gasteiger partial charge in [-0.1, -0.05) is 27.5 Å². The number of rotatable bonds is 4. The predicted molar refractivity (Wildman–Crippen MR) is 78.4 cm³/mol. The highest BCUT2D eigenvalue weighted by atomic mass is 79.9. The number of halogens is 4. The van der Waals surface area contributed by atoms with Gasteiger partial charge in [0.05, 0.1) is 17.1 Å². The molecule has 1 heterocycles. The number of aromatic nitrogens is 2. The lowest BCUT2D eigenvalue weighted by atomic mass is 10.2. The van der Waals surface area contributed by atoms with Crippen LogP contribution in [0.25, 0.3) is 0 Å². The van der Waals surface area contributed by atoms with Crippen LogP contribution >= 0.6 is 27.5 Å². The van der Waals surface area contributed by atoms with Gasteiger partial charge in [0.25, 0.3) is 5.91 Å². The number of amides is 1. The third kappa shape index (κ3) is 3.59. The first kappa shape index (κ1) is 15.9. The molecule has 0 atom stereocenters. The highest BCUT2D eigenvalue weighted by Crippen LogP contribution is 2.23. The normalized spacial score (nSPS) is 11.0. The van der Waals surface area contributed by atoms with Crippen molar-refractivity contribution in [2.75, 3.05) is 7.05 Å². The van der Waals surface area contributed by atoms with Gasteiger partial charge in [-0.15, -0.1) is 0 Å². The van der Waals surface area contributed by atoms with Gasteiger partial charge < -0.3 is 4.90 Å². The number of alkyl halides is 2. The van der Waals surface area contributed by atoms with Gasteiger partial charge in [0.2, 0.25) is 0 Å². The fourth-order valence-corrected chi connectivity index (χ4v) is 2.35. The second kappa shape index (κ2) is 6.53. The number of hydrogen-bond donors (Lipinski definition) is 0. The lowest BCUT2D eigenvalue weighted by Gasteiger charge is -2.18. The Morgan fingerprint density at radius 3 is 2.90 bits per heavy atom. The van der Waals surface area contributed by atoms with Crippen molar-refractivity contribution in [1.29, 1.82) is 0 Å². The van der Waals surface area contributed by atoms with Crippen molar-refractivity contribution >= 4 is 33.4 Å². The van der Waals surface area contributed by atoms with Crippen molar-refractivity contribution in [1.82, 2.24) is 14.5 Å². The van der Waals surface area contributed by atoms with Crippen molar-refractivity contribution in [3.8, 4) is 0 Å². The van der Waals surface area contributed by atoms with E-state index in [9.17, 15) is 13.6 Å². The number of nitrogens with zero attached hydrogens (tertiary/aromatic N) is 3. The van der Waals surface area contributed by atoms with Gasteiger partial charge in [-0.05, 0) is 18.2 Å². The van der Waals surface area contributed by atoms with Crippen LogP contribution in [0.15, 0.2) is 35.1 Å². The van der Waals surface area contributed by atoms with E-state index in [1.165, 1.54) is 24.3 Å². The molecule has 0 saturated carbocycles. The lowest BCUT2D eigenvalue weighted by molar-refractivity contribution is 0.0612. The van der Waals surface area contributed by atoms with Crippen LogP contribution in [0.4, 0.5) is 8.78 Å². The van der Waals surface area contributed by atoms with Crippen LogP contribution in [0.3, 0.4) is 0 Å².